The molecule has 2 heterocycles. The molecule has 1 amide bonds. The first-order valence-electron chi connectivity index (χ1n) is 5.35. The van der Waals surface area contributed by atoms with Crippen LogP contribution in [0.3, 0.4) is 0 Å². The van der Waals surface area contributed by atoms with Gasteiger partial charge in [-0.1, -0.05) is 0 Å². The third-order valence-electron chi connectivity index (χ3n) is 2.20. The van der Waals surface area contributed by atoms with Crippen LogP contribution in [0.15, 0.2) is 30.6 Å². The van der Waals surface area contributed by atoms with E-state index in [1.807, 2.05) is 0 Å². The number of carboxylic acid groups (broad SMARTS) is 1. The molecule has 0 radical (unpaired) electrons. The van der Waals surface area contributed by atoms with Gasteiger partial charge in [-0.2, -0.15) is 5.10 Å². The van der Waals surface area contributed by atoms with E-state index in [1.54, 1.807) is 36.3 Å². The fraction of sp³-hybridized carbons (Fsp3) is 0.0833. The van der Waals surface area contributed by atoms with Gasteiger partial charge >= 0.3 is 5.97 Å². The van der Waals surface area contributed by atoms with Crippen LogP contribution in [0.2, 0.25) is 0 Å². The van der Waals surface area contributed by atoms with Crippen molar-refractivity contribution in [3.8, 4) is 0 Å². The van der Waals surface area contributed by atoms with Crippen molar-refractivity contribution in [1.29, 1.82) is 0 Å². The number of carbonyl (C=O) groups is 2. The van der Waals surface area contributed by atoms with Crippen molar-refractivity contribution in [1.82, 2.24) is 9.78 Å². The zero-order valence-electron chi connectivity index (χ0n) is 10.0. The molecule has 2 aromatic heterocycles. The Morgan fingerprint density at radius 3 is 2.89 bits per heavy atom. The lowest BCUT2D eigenvalue weighted by Gasteiger charge is -1.98. The average molecular weight is 277 g/mol. The maximum Gasteiger partial charge on any atom is 0.328 e. The summed E-state index contributed by atoms with van der Waals surface area (Å²) in [5, 5.41) is 15.2. The first-order chi connectivity index (χ1) is 9.04. The number of carboxylic acids is 1. The summed E-state index contributed by atoms with van der Waals surface area (Å²) in [5.74, 6) is -1.26. The number of aromatic nitrogens is 2. The molecule has 0 saturated heterocycles. The van der Waals surface area contributed by atoms with Gasteiger partial charge in [0.15, 0.2) is 0 Å². The van der Waals surface area contributed by atoms with Gasteiger partial charge < -0.3 is 10.4 Å². The lowest BCUT2D eigenvalue weighted by Crippen LogP contribution is -2.09. The predicted molar refractivity (Wildman–Crippen MR) is 72.2 cm³/mol. The first-order valence-corrected chi connectivity index (χ1v) is 6.17. The van der Waals surface area contributed by atoms with Crippen LogP contribution in [0.4, 0.5) is 5.69 Å². The second-order valence-electron chi connectivity index (χ2n) is 3.73. The van der Waals surface area contributed by atoms with Crippen LogP contribution in [-0.4, -0.2) is 26.8 Å². The predicted octanol–water partition coefficient (Wildman–Crippen LogP) is 1.83. The molecular formula is C12H11N3O3S. The molecule has 98 valence electrons. The van der Waals surface area contributed by atoms with Gasteiger partial charge in [0, 0.05) is 24.2 Å². The van der Waals surface area contributed by atoms with Gasteiger partial charge in [-0.3, -0.25) is 9.48 Å². The highest BCUT2D eigenvalue weighted by molar-refractivity contribution is 7.15. The molecule has 6 nitrogen and oxygen atoms in total. The number of amides is 1. The molecule has 2 rings (SSSR count). The summed E-state index contributed by atoms with van der Waals surface area (Å²) in [6, 6.07) is 3.35. The average Bonchev–Trinajstić information content (AvgIpc) is 2.95. The summed E-state index contributed by atoms with van der Waals surface area (Å²) in [5.41, 5.74) is 0.614. The smallest absolute Gasteiger partial charge is 0.328 e. The Bertz CT molecular complexity index is 642. The van der Waals surface area contributed by atoms with Crippen molar-refractivity contribution < 1.29 is 14.7 Å². The third-order valence-corrected chi connectivity index (χ3v) is 3.25. The topological polar surface area (TPSA) is 84.2 Å². The van der Waals surface area contributed by atoms with Gasteiger partial charge in [0.1, 0.15) is 0 Å². The van der Waals surface area contributed by atoms with Crippen molar-refractivity contribution in [3.05, 3.63) is 40.4 Å². The second kappa shape index (κ2) is 5.49. The summed E-state index contributed by atoms with van der Waals surface area (Å²) in [7, 11) is 1.76. The standard InChI is InChI=1S/C12H11N3O3S/c1-15-7-8(6-13-15)14-12(18)10-4-2-9(19-10)3-5-11(16)17/h2-7H,1H3,(H,14,18)(H,16,17). The van der Waals surface area contributed by atoms with E-state index in [4.69, 9.17) is 5.11 Å². The van der Waals surface area contributed by atoms with E-state index in [0.717, 1.165) is 6.08 Å². The highest BCUT2D eigenvalue weighted by Gasteiger charge is 2.09. The number of anilines is 1. The summed E-state index contributed by atoms with van der Waals surface area (Å²) in [6.07, 6.45) is 5.73. The Labute approximate surface area is 113 Å². The van der Waals surface area contributed by atoms with E-state index in [-0.39, 0.29) is 5.91 Å². The first kappa shape index (κ1) is 13.0. The summed E-state index contributed by atoms with van der Waals surface area (Å²) in [4.78, 5) is 23.5. The molecule has 0 aliphatic heterocycles. The molecule has 7 heteroatoms. The molecule has 0 aliphatic rings. The number of nitrogens with one attached hydrogen (secondary N) is 1. The monoisotopic (exact) mass is 277 g/mol. The van der Waals surface area contributed by atoms with Crippen LogP contribution in [0.5, 0.6) is 0 Å². The lowest BCUT2D eigenvalue weighted by molar-refractivity contribution is -0.131. The van der Waals surface area contributed by atoms with Gasteiger partial charge in [-0.05, 0) is 18.2 Å². The van der Waals surface area contributed by atoms with Gasteiger partial charge in [0.25, 0.3) is 5.91 Å². The SMILES string of the molecule is Cn1cc(NC(=O)c2ccc(C=CC(=O)O)s2)cn1. The van der Waals surface area contributed by atoms with E-state index < -0.39 is 5.97 Å². The van der Waals surface area contributed by atoms with E-state index in [9.17, 15) is 9.59 Å². The minimum Gasteiger partial charge on any atom is -0.478 e. The quantitative estimate of drug-likeness (QED) is 0.835. The van der Waals surface area contributed by atoms with Crippen molar-refractivity contribution in [2.75, 3.05) is 5.32 Å². The number of hydrogen-bond acceptors (Lipinski definition) is 4. The Balaban J connectivity index is 2.06. The Kier molecular flexibility index (Phi) is 3.76. The molecule has 0 bridgehead atoms. The Morgan fingerprint density at radius 1 is 1.47 bits per heavy atom. The largest absolute Gasteiger partial charge is 0.478 e. The molecule has 2 N–H and O–H groups in total. The molecule has 0 aliphatic carbocycles. The van der Waals surface area contributed by atoms with Crippen molar-refractivity contribution >= 4 is 35.0 Å². The number of thiophene rings is 1. The molecule has 0 fully saturated rings. The maximum absolute atomic E-state index is 11.9. The summed E-state index contributed by atoms with van der Waals surface area (Å²) >= 11 is 1.22. The van der Waals surface area contributed by atoms with Crippen LogP contribution in [0.1, 0.15) is 14.5 Å². The van der Waals surface area contributed by atoms with Crippen molar-refractivity contribution in [2.45, 2.75) is 0 Å². The van der Waals surface area contributed by atoms with Crippen molar-refractivity contribution in [3.63, 3.8) is 0 Å². The number of hydrogen-bond donors (Lipinski definition) is 2. The molecular weight excluding hydrogens is 266 g/mol. The van der Waals surface area contributed by atoms with Crippen LogP contribution >= 0.6 is 11.3 Å². The fourth-order valence-electron chi connectivity index (χ4n) is 1.40. The van der Waals surface area contributed by atoms with Crippen molar-refractivity contribution in [2.24, 2.45) is 7.05 Å². The highest BCUT2D eigenvalue weighted by atomic mass is 32.1. The minimum atomic E-state index is -1.02. The zero-order chi connectivity index (χ0) is 13.8. The molecule has 19 heavy (non-hydrogen) atoms. The molecule has 2 aromatic rings. The number of aryl methyl sites for hydroxylation is 1. The van der Waals surface area contributed by atoms with E-state index in [0.29, 0.717) is 15.4 Å². The lowest BCUT2D eigenvalue weighted by atomic mass is 10.3. The molecule has 0 saturated carbocycles. The van der Waals surface area contributed by atoms with Gasteiger partial charge in [0.05, 0.1) is 16.8 Å². The van der Waals surface area contributed by atoms with E-state index >= 15 is 0 Å². The number of rotatable bonds is 4. The van der Waals surface area contributed by atoms with Gasteiger partial charge in [-0.15, -0.1) is 11.3 Å². The van der Waals surface area contributed by atoms with Crippen LogP contribution < -0.4 is 5.32 Å². The van der Waals surface area contributed by atoms with E-state index in [1.165, 1.54) is 17.4 Å². The van der Waals surface area contributed by atoms with Gasteiger partial charge in [-0.25, -0.2) is 4.79 Å². The molecule has 0 atom stereocenters. The number of nitrogens with zero attached hydrogens (tertiary/aromatic N) is 2. The summed E-state index contributed by atoms with van der Waals surface area (Å²) < 4.78 is 1.59. The highest BCUT2D eigenvalue weighted by Crippen LogP contribution is 2.19. The fourth-order valence-corrected chi connectivity index (χ4v) is 2.20. The maximum atomic E-state index is 11.9. The van der Waals surface area contributed by atoms with Crippen LogP contribution in [0.25, 0.3) is 6.08 Å². The number of carbonyl (C=O) groups excluding carboxylic acids is 1. The normalized spacial score (nSPS) is 10.8. The second-order valence-corrected chi connectivity index (χ2v) is 4.85. The molecule has 0 spiro atoms. The van der Waals surface area contributed by atoms with Crippen LogP contribution in [-0.2, 0) is 11.8 Å². The zero-order valence-corrected chi connectivity index (χ0v) is 10.8. The third kappa shape index (κ3) is 3.52. The molecule has 0 aromatic carbocycles. The van der Waals surface area contributed by atoms with E-state index in [2.05, 4.69) is 10.4 Å². The number of aliphatic carboxylic acids is 1. The Morgan fingerprint density at radius 2 is 2.26 bits per heavy atom. The van der Waals surface area contributed by atoms with Gasteiger partial charge in [0.2, 0.25) is 0 Å². The molecule has 0 unspecified atom stereocenters. The van der Waals surface area contributed by atoms with Crippen LogP contribution in [0, 0.1) is 0 Å². The Hall–Kier alpha value is -2.41. The minimum absolute atomic E-state index is 0.243. The summed E-state index contributed by atoms with van der Waals surface area (Å²) in [6.45, 7) is 0.